The van der Waals surface area contributed by atoms with E-state index in [0.29, 0.717) is 12.8 Å². The highest BCUT2D eigenvalue weighted by Crippen LogP contribution is 2.15. The van der Waals surface area contributed by atoms with E-state index in [2.05, 4.69) is 12.2 Å². The van der Waals surface area contributed by atoms with E-state index in [-0.39, 0.29) is 0 Å². The molecule has 0 aromatic carbocycles. The average molecular weight is 201 g/mol. The Morgan fingerprint density at radius 2 is 2.07 bits per heavy atom. The van der Waals surface area contributed by atoms with Gasteiger partial charge in [0, 0.05) is 0 Å². The van der Waals surface area contributed by atoms with Gasteiger partial charge in [-0.1, -0.05) is 32.6 Å². The van der Waals surface area contributed by atoms with Crippen LogP contribution in [0, 0.1) is 0 Å². The van der Waals surface area contributed by atoms with Crippen LogP contribution in [0.2, 0.25) is 0 Å². The summed E-state index contributed by atoms with van der Waals surface area (Å²) < 4.78 is 0. The van der Waals surface area contributed by atoms with E-state index >= 15 is 0 Å². The lowest BCUT2D eigenvalue weighted by molar-refractivity contribution is -0.145. The summed E-state index contributed by atoms with van der Waals surface area (Å²) in [7, 11) is 0. The average Bonchev–Trinajstić information content (AvgIpc) is 2.13. The van der Waals surface area contributed by atoms with Crippen LogP contribution in [-0.4, -0.2) is 23.0 Å². The van der Waals surface area contributed by atoms with Crippen LogP contribution in [0.1, 0.15) is 46.0 Å². The highest BCUT2D eigenvalue weighted by Gasteiger charge is 2.31. The lowest BCUT2D eigenvalue weighted by Crippen LogP contribution is -2.48. The molecular weight excluding hydrogens is 182 g/mol. The summed E-state index contributed by atoms with van der Waals surface area (Å²) in [6, 6.07) is 0. The molecule has 0 aliphatic heterocycles. The predicted molar refractivity (Wildman–Crippen MR) is 54.0 cm³/mol. The van der Waals surface area contributed by atoms with Crippen LogP contribution in [0.15, 0.2) is 0 Å². The van der Waals surface area contributed by atoms with Crippen LogP contribution in [-0.2, 0) is 9.59 Å². The van der Waals surface area contributed by atoms with Gasteiger partial charge >= 0.3 is 5.97 Å². The molecule has 14 heavy (non-hydrogen) atoms. The zero-order valence-corrected chi connectivity index (χ0v) is 8.88. The summed E-state index contributed by atoms with van der Waals surface area (Å²) in [6.45, 7) is 3.63. The maximum absolute atomic E-state index is 10.9. The molecule has 2 N–H and O–H groups in total. The molecule has 0 aliphatic rings. The molecule has 0 aromatic heterocycles. The number of aliphatic carboxylic acids is 1. The minimum Gasteiger partial charge on any atom is -0.480 e. The molecule has 0 bridgehead atoms. The number of carbonyl (C=O) groups is 2. The second-order valence-electron chi connectivity index (χ2n) is 3.71. The first-order valence-corrected chi connectivity index (χ1v) is 5.01. The molecule has 0 radical (unpaired) electrons. The van der Waals surface area contributed by atoms with Crippen LogP contribution < -0.4 is 5.32 Å². The van der Waals surface area contributed by atoms with E-state index in [9.17, 15) is 9.59 Å². The van der Waals surface area contributed by atoms with Crippen molar-refractivity contribution in [3.8, 4) is 0 Å². The zero-order valence-electron chi connectivity index (χ0n) is 8.88. The van der Waals surface area contributed by atoms with Crippen molar-refractivity contribution in [2.45, 2.75) is 51.5 Å². The second-order valence-corrected chi connectivity index (χ2v) is 3.71. The van der Waals surface area contributed by atoms with Crippen molar-refractivity contribution >= 4 is 12.4 Å². The van der Waals surface area contributed by atoms with Crippen molar-refractivity contribution in [2.75, 3.05) is 0 Å². The Kier molecular flexibility index (Phi) is 5.92. The Morgan fingerprint density at radius 3 is 2.50 bits per heavy atom. The Hall–Kier alpha value is -1.06. The third-order valence-corrected chi connectivity index (χ3v) is 2.38. The van der Waals surface area contributed by atoms with Crippen LogP contribution in [0.25, 0.3) is 0 Å². The number of unbranched alkanes of at least 4 members (excludes halogenated alkanes) is 3. The summed E-state index contributed by atoms with van der Waals surface area (Å²) in [6.07, 6.45) is 5.01. The molecule has 1 unspecified atom stereocenters. The van der Waals surface area contributed by atoms with Crippen molar-refractivity contribution in [2.24, 2.45) is 0 Å². The molecule has 1 amide bonds. The third-order valence-electron chi connectivity index (χ3n) is 2.38. The predicted octanol–water partition coefficient (Wildman–Crippen LogP) is 1.55. The summed E-state index contributed by atoms with van der Waals surface area (Å²) in [5, 5.41) is 11.3. The van der Waals surface area contributed by atoms with E-state index in [0.717, 1.165) is 25.7 Å². The summed E-state index contributed by atoms with van der Waals surface area (Å²) in [5.74, 6) is -0.971. The first-order chi connectivity index (χ1) is 6.56. The lowest BCUT2D eigenvalue weighted by Gasteiger charge is -2.23. The minimum absolute atomic E-state index is 0.452. The van der Waals surface area contributed by atoms with Gasteiger partial charge in [-0.25, -0.2) is 4.79 Å². The van der Waals surface area contributed by atoms with Gasteiger partial charge in [0.15, 0.2) is 0 Å². The van der Waals surface area contributed by atoms with Crippen LogP contribution in [0.4, 0.5) is 0 Å². The van der Waals surface area contributed by atoms with E-state index in [4.69, 9.17) is 5.11 Å². The molecule has 82 valence electrons. The topological polar surface area (TPSA) is 66.4 Å². The van der Waals surface area contributed by atoms with Gasteiger partial charge in [-0.3, -0.25) is 4.79 Å². The van der Waals surface area contributed by atoms with E-state index < -0.39 is 11.5 Å². The van der Waals surface area contributed by atoms with Crippen LogP contribution in [0.3, 0.4) is 0 Å². The quantitative estimate of drug-likeness (QED) is 0.462. The molecule has 0 spiro atoms. The maximum atomic E-state index is 10.9. The number of carbonyl (C=O) groups excluding carboxylic acids is 1. The smallest absolute Gasteiger partial charge is 0.329 e. The molecule has 0 aromatic rings. The molecule has 0 rings (SSSR count). The molecular formula is C10H19NO3. The molecule has 1 atom stereocenters. The van der Waals surface area contributed by atoms with E-state index in [1.165, 1.54) is 6.92 Å². The largest absolute Gasteiger partial charge is 0.480 e. The van der Waals surface area contributed by atoms with Gasteiger partial charge in [-0.15, -0.1) is 0 Å². The zero-order chi connectivity index (χ0) is 11.0. The molecule has 0 saturated heterocycles. The van der Waals surface area contributed by atoms with Gasteiger partial charge in [0.2, 0.25) is 6.41 Å². The van der Waals surface area contributed by atoms with Crippen molar-refractivity contribution in [3.63, 3.8) is 0 Å². The Bertz CT molecular complexity index is 194. The summed E-state index contributed by atoms with van der Waals surface area (Å²) in [4.78, 5) is 21.1. The number of amides is 1. The lowest BCUT2D eigenvalue weighted by atomic mass is 9.94. The van der Waals surface area contributed by atoms with Gasteiger partial charge in [0.1, 0.15) is 5.54 Å². The number of hydrogen-bond donors (Lipinski definition) is 2. The fraction of sp³-hybridized carbons (Fsp3) is 0.800. The van der Waals surface area contributed by atoms with Crippen molar-refractivity contribution in [3.05, 3.63) is 0 Å². The van der Waals surface area contributed by atoms with Crippen molar-refractivity contribution < 1.29 is 14.7 Å². The number of nitrogens with one attached hydrogen (secondary N) is 1. The van der Waals surface area contributed by atoms with Gasteiger partial charge in [0.25, 0.3) is 0 Å². The molecule has 0 fully saturated rings. The highest BCUT2D eigenvalue weighted by atomic mass is 16.4. The first kappa shape index (κ1) is 12.9. The molecule has 4 heteroatoms. The fourth-order valence-electron chi connectivity index (χ4n) is 1.28. The number of carboxylic acid groups (broad SMARTS) is 1. The number of hydrogen-bond acceptors (Lipinski definition) is 2. The van der Waals surface area contributed by atoms with E-state index in [1.807, 2.05) is 0 Å². The monoisotopic (exact) mass is 201 g/mol. The first-order valence-electron chi connectivity index (χ1n) is 5.01. The number of rotatable bonds is 8. The second kappa shape index (κ2) is 6.40. The van der Waals surface area contributed by atoms with Crippen LogP contribution in [0.5, 0.6) is 0 Å². The third kappa shape index (κ3) is 4.25. The Balaban J connectivity index is 3.96. The number of carboxylic acids is 1. The molecule has 4 nitrogen and oxygen atoms in total. The highest BCUT2D eigenvalue weighted by molar-refractivity contribution is 5.80. The maximum Gasteiger partial charge on any atom is 0.329 e. The van der Waals surface area contributed by atoms with Gasteiger partial charge in [0.05, 0.1) is 0 Å². The molecule has 0 heterocycles. The van der Waals surface area contributed by atoms with Crippen LogP contribution >= 0.6 is 0 Å². The molecule has 0 aliphatic carbocycles. The Morgan fingerprint density at radius 1 is 1.43 bits per heavy atom. The normalized spacial score (nSPS) is 14.4. The van der Waals surface area contributed by atoms with Crippen molar-refractivity contribution in [1.29, 1.82) is 0 Å². The fourth-order valence-corrected chi connectivity index (χ4v) is 1.28. The van der Waals surface area contributed by atoms with Gasteiger partial charge in [-0.05, 0) is 13.3 Å². The standard InChI is InChI=1S/C10H19NO3/c1-3-4-5-6-7-10(2,9(13)14)11-8-12/h8H,3-7H2,1-2H3,(H,11,12)(H,13,14). The summed E-state index contributed by atoms with van der Waals surface area (Å²) in [5.41, 5.74) is -1.10. The SMILES string of the molecule is CCCCCCC(C)(NC=O)C(=O)O. The minimum atomic E-state index is -1.10. The van der Waals surface area contributed by atoms with Gasteiger partial charge in [-0.2, -0.15) is 0 Å². The van der Waals surface area contributed by atoms with Gasteiger partial charge < -0.3 is 10.4 Å². The summed E-state index contributed by atoms with van der Waals surface area (Å²) >= 11 is 0. The van der Waals surface area contributed by atoms with Crippen molar-refractivity contribution in [1.82, 2.24) is 5.32 Å². The molecule has 0 saturated carbocycles. The Labute approximate surface area is 84.7 Å². The van der Waals surface area contributed by atoms with E-state index in [1.54, 1.807) is 0 Å².